The van der Waals surface area contributed by atoms with Gasteiger partial charge in [-0.3, -0.25) is 4.40 Å². The molecule has 0 amide bonds. The maximum Gasteiger partial charge on any atom is 0.169 e. The number of nitrogens with zero attached hydrogens (tertiary/aromatic N) is 3. The Morgan fingerprint density at radius 3 is 2.57 bits per heavy atom. The number of aliphatic hydroxyl groups is 1. The van der Waals surface area contributed by atoms with Gasteiger partial charge in [-0.05, 0) is 67.4 Å². The van der Waals surface area contributed by atoms with Gasteiger partial charge >= 0.3 is 0 Å². The van der Waals surface area contributed by atoms with Crippen molar-refractivity contribution in [2.24, 2.45) is 0 Å². The summed E-state index contributed by atoms with van der Waals surface area (Å²) in [6.07, 6.45) is 2.53. The van der Waals surface area contributed by atoms with Gasteiger partial charge < -0.3 is 10.4 Å². The van der Waals surface area contributed by atoms with Crippen molar-refractivity contribution in [3.63, 3.8) is 0 Å². The minimum absolute atomic E-state index is 0.467. The van der Waals surface area contributed by atoms with Gasteiger partial charge in [0.2, 0.25) is 0 Å². The first-order valence-electron chi connectivity index (χ1n) is 8.73. The Hall–Kier alpha value is -2.60. The van der Waals surface area contributed by atoms with Crippen molar-refractivity contribution in [1.82, 2.24) is 14.4 Å². The fourth-order valence-corrected chi connectivity index (χ4v) is 3.63. The Labute approximate surface area is 172 Å². The second-order valence-corrected chi connectivity index (χ2v) is 7.51. The van der Waals surface area contributed by atoms with Gasteiger partial charge in [0, 0.05) is 23.0 Å². The fraction of sp³-hybridized carbons (Fsp3) is 0.143. The molecule has 0 saturated carbocycles. The van der Waals surface area contributed by atoms with Gasteiger partial charge in [0.25, 0.3) is 0 Å². The van der Waals surface area contributed by atoms with Crippen LogP contribution >= 0.6 is 23.2 Å². The molecule has 1 unspecified atom stereocenters. The minimum atomic E-state index is -1.05. The summed E-state index contributed by atoms with van der Waals surface area (Å²) in [5, 5.41) is 15.1. The smallest absolute Gasteiger partial charge is 0.169 e. The number of aryl methyl sites for hydroxylation is 2. The number of aliphatic hydroxyl groups excluding tert-OH is 1. The Kier molecular flexibility index (Phi) is 4.98. The highest BCUT2D eigenvalue weighted by atomic mass is 35.5. The molecule has 0 bridgehead atoms. The third kappa shape index (κ3) is 3.56. The van der Waals surface area contributed by atoms with Crippen molar-refractivity contribution in [3.8, 4) is 11.3 Å². The fourth-order valence-electron chi connectivity index (χ4n) is 3.13. The molecule has 1 atom stereocenters. The number of anilines is 1. The number of hydrogen-bond donors (Lipinski definition) is 2. The molecular weight excluding hydrogens is 395 g/mol. The Bertz CT molecular complexity index is 1170. The number of hydrogen-bond acceptors (Lipinski definition) is 4. The van der Waals surface area contributed by atoms with Gasteiger partial charge in [-0.2, -0.15) is 0 Å². The highest BCUT2D eigenvalue weighted by Crippen LogP contribution is 2.35. The third-order valence-corrected chi connectivity index (χ3v) is 5.01. The SMILES string of the molecule is Cc1ccnc(NC(O)c2c(-c3ccc(Cl)cc3Cl)nc3cc(C)ccn23)c1. The number of nitrogens with one attached hydrogen (secondary N) is 1. The van der Waals surface area contributed by atoms with E-state index in [9.17, 15) is 5.11 Å². The molecule has 1 aromatic carbocycles. The maximum absolute atomic E-state index is 11.0. The highest BCUT2D eigenvalue weighted by Gasteiger charge is 2.23. The molecule has 0 fully saturated rings. The van der Waals surface area contributed by atoms with Crippen molar-refractivity contribution in [2.45, 2.75) is 20.1 Å². The largest absolute Gasteiger partial charge is 0.368 e. The van der Waals surface area contributed by atoms with Crippen LogP contribution < -0.4 is 5.32 Å². The standard InChI is InChI=1S/C21H18Cl2N4O/c1-12-5-7-24-17(9-12)25-21(28)20-19(15-4-3-14(22)11-16(15)23)26-18-10-13(2)6-8-27(18)20/h3-11,21,28H,1-2H3,(H,24,25). The molecule has 0 radical (unpaired) electrons. The van der Waals surface area contributed by atoms with Crippen LogP contribution in [0.4, 0.5) is 5.82 Å². The number of benzene rings is 1. The van der Waals surface area contributed by atoms with Crippen LogP contribution in [0.1, 0.15) is 23.0 Å². The summed E-state index contributed by atoms with van der Waals surface area (Å²) in [4.78, 5) is 9.00. The summed E-state index contributed by atoms with van der Waals surface area (Å²) in [5.74, 6) is 0.572. The molecule has 0 aliphatic heterocycles. The van der Waals surface area contributed by atoms with Gasteiger partial charge in [-0.15, -0.1) is 0 Å². The number of aromatic nitrogens is 3. The van der Waals surface area contributed by atoms with Crippen molar-refractivity contribution in [2.75, 3.05) is 5.32 Å². The first-order valence-corrected chi connectivity index (χ1v) is 9.49. The molecule has 4 aromatic rings. The van der Waals surface area contributed by atoms with Crippen LogP contribution in [0.2, 0.25) is 10.0 Å². The Morgan fingerprint density at radius 2 is 1.82 bits per heavy atom. The summed E-state index contributed by atoms with van der Waals surface area (Å²) >= 11 is 12.5. The van der Waals surface area contributed by atoms with Crippen molar-refractivity contribution in [1.29, 1.82) is 0 Å². The van der Waals surface area contributed by atoms with Gasteiger partial charge in [-0.25, -0.2) is 9.97 Å². The number of halogens is 2. The lowest BCUT2D eigenvalue weighted by atomic mass is 10.1. The van der Waals surface area contributed by atoms with Crippen molar-refractivity contribution in [3.05, 3.63) is 81.7 Å². The normalized spacial score (nSPS) is 12.3. The van der Waals surface area contributed by atoms with Crippen LogP contribution in [0.15, 0.2) is 54.9 Å². The molecule has 0 aliphatic carbocycles. The Balaban J connectivity index is 1.87. The van der Waals surface area contributed by atoms with E-state index in [0.717, 1.165) is 11.1 Å². The zero-order chi connectivity index (χ0) is 19.8. The zero-order valence-electron chi connectivity index (χ0n) is 15.3. The van der Waals surface area contributed by atoms with E-state index in [4.69, 9.17) is 28.2 Å². The molecule has 28 heavy (non-hydrogen) atoms. The number of fused-ring (bicyclic) bond motifs is 1. The zero-order valence-corrected chi connectivity index (χ0v) is 16.8. The molecular formula is C21H18Cl2N4O. The van der Waals surface area contributed by atoms with E-state index in [0.29, 0.717) is 38.5 Å². The molecule has 3 heterocycles. The van der Waals surface area contributed by atoms with Crippen LogP contribution in [-0.2, 0) is 0 Å². The van der Waals surface area contributed by atoms with E-state index in [-0.39, 0.29) is 0 Å². The summed E-state index contributed by atoms with van der Waals surface area (Å²) in [6, 6.07) is 12.9. The number of rotatable bonds is 4. The van der Waals surface area contributed by atoms with E-state index in [2.05, 4.69) is 10.3 Å². The van der Waals surface area contributed by atoms with Crippen LogP contribution in [0, 0.1) is 13.8 Å². The average Bonchev–Trinajstić information content (AvgIpc) is 2.99. The molecule has 5 nitrogen and oxygen atoms in total. The topological polar surface area (TPSA) is 62.5 Å². The van der Waals surface area contributed by atoms with Crippen molar-refractivity contribution < 1.29 is 5.11 Å². The van der Waals surface area contributed by atoms with E-state index >= 15 is 0 Å². The molecule has 0 aliphatic rings. The van der Waals surface area contributed by atoms with E-state index in [1.165, 1.54) is 0 Å². The van der Waals surface area contributed by atoms with Crippen LogP contribution in [-0.4, -0.2) is 19.5 Å². The lowest BCUT2D eigenvalue weighted by molar-refractivity contribution is 0.202. The number of pyridine rings is 2. The maximum atomic E-state index is 11.0. The van der Waals surface area contributed by atoms with Crippen LogP contribution in [0.5, 0.6) is 0 Å². The molecule has 0 saturated heterocycles. The molecule has 3 aromatic heterocycles. The Morgan fingerprint density at radius 1 is 1.04 bits per heavy atom. The molecule has 142 valence electrons. The lowest BCUT2D eigenvalue weighted by Gasteiger charge is -2.16. The molecule has 2 N–H and O–H groups in total. The van der Waals surface area contributed by atoms with Gasteiger partial charge in [0.1, 0.15) is 11.5 Å². The van der Waals surface area contributed by atoms with Crippen molar-refractivity contribution >= 4 is 34.7 Å². The van der Waals surface area contributed by atoms with Crippen LogP contribution in [0.25, 0.3) is 16.9 Å². The summed E-state index contributed by atoms with van der Waals surface area (Å²) in [7, 11) is 0. The minimum Gasteiger partial charge on any atom is -0.368 e. The second-order valence-electron chi connectivity index (χ2n) is 6.67. The van der Waals surface area contributed by atoms with E-state index in [1.807, 2.05) is 48.7 Å². The monoisotopic (exact) mass is 412 g/mol. The number of imidazole rings is 1. The third-order valence-electron chi connectivity index (χ3n) is 4.46. The lowest BCUT2D eigenvalue weighted by Crippen LogP contribution is -2.14. The second kappa shape index (κ2) is 7.43. The predicted molar refractivity (Wildman–Crippen MR) is 113 cm³/mol. The van der Waals surface area contributed by atoms with E-state index in [1.54, 1.807) is 24.4 Å². The van der Waals surface area contributed by atoms with Gasteiger partial charge in [0.05, 0.1) is 16.4 Å². The van der Waals surface area contributed by atoms with Crippen LogP contribution in [0.3, 0.4) is 0 Å². The van der Waals surface area contributed by atoms with Gasteiger partial charge in [0.15, 0.2) is 6.23 Å². The average molecular weight is 413 g/mol. The first-order chi connectivity index (χ1) is 13.4. The first kappa shape index (κ1) is 18.7. The highest BCUT2D eigenvalue weighted by molar-refractivity contribution is 6.36. The summed E-state index contributed by atoms with van der Waals surface area (Å²) in [5.41, 5.74) is 4.68. The summed E-state index contributed by atoms with van der Waals surface area (Å²) < 4.78 is 1.85. The quantitative estimate of drug-likeness (QED) is 0.439. The van der Waals surface area contributed by atoms with Gasteiger partial charge in [-0.1, -0.05) is 23.2 Å². The predicted octanol–water partition coefficient (Wildman–Crippen LogP) is 5.42. The van der Waals surface area contributed by atoms with E-state index < -0.39 is 6.23 Å². The molecule has 7 heteroatoms. The molecule has 0 spiro atoms. The molecule has 4 rings (SSSR count). The summed E-state index contributed by atoms with van der Waals surface area (Å²) in [6.45, 7) is 3.96.